The summed E-state index contributed by atoms with van der Waals surface area (Å²) in [6.07, 6.45) is -8.60. The first-order valence-corrected chi connectivity index (χ1v) is 13.1. The molecule has 1 aromatic heterocycles. The molecule has 41 heavy (non-hydrogen) atoms. The summed E-state index contributed by atoms with van der Waals surface area (Å²) >= 11 is 6.52. The van der Waals surface area contributed by atoms with Gasteiger partial charge in [0.15, 0.2) is 0 Å². The number of aromatic nitrogens is 1. The average Bonchev–Trinajstić information content (AvgIpc) is 2.91. The van der Waals surface area contributed by atoms with Crippen LogP contribution in [0.2, 0.25) is 5.02 Å². The number of carbonyl (C=O) groups excluding carboxylic acids is 1. The first-order chi connectivity index (χ1) is 19.0. The van der Waals surface area contributed by atoms with E-state index in [9.17, 15) is 31.1 Å². The van der Waals surface area contributed by atoms with Crippen molar-refractivity contribution < 1.29 is 31.1 Å². The maximum Gasteiger partial charge on any atom is 0.416 e. The predicted octanol–water partition coefficient (Wildman–Crippen LogP) is 7.13. The van der Waals surface area contributed by atoms with Crippen LogP contribution in [0.1, 0.15) is 30.5 Å². The van der Waals surface area contributed by atoms with Crippen molar-refractivity contribution in [1.29, 1.82) is 0 Å². The Morgan fingerprint density at radius 3 is 1.93 bits per heavy atom. The van der Waals surface area contributed by atoms with Gasteiger partial charge in [0.1, 0.15) is 5.82 Å². The Balaban J connectivity index is 1.79. The third-order valence-electron chi connectivity index (χ3n) is 7.37. The summed E-state index contributed by atoms with van der Waals surface area (Å²) in [5.41, 5.74) is -3.72. The minimum absolute atomic E-state index is 0.0459. The van der Waals surface area contributed by atoms with Gasteiger partial charge in [-0.25, -0.2) is 4.98 Å². The lowest BCUT2D eigenvalue weighted by molar-refractivity contribution is -0.143. The largest absolute Gasteiger partial charge is 0.416 e. The minimum Gasteiger partial charge on any atom is -0.354 e. The molecular weight excluding hydrogens is 570 g/mol. The zero-order valence-electron chi connectivity index (χ0n) is 22.9. The van der Waals surface area contributed by atoms with Crippen molar-refractivity contribution in [2.45, 2.75) is 31.6 Å². The van der Waals surface area contributed by atoms with Crippen molar-refractivity contribution in [3.8, 4) is 11.1 Å². The summed E-state index contributed by atoms with van der Waals surface area (Å²) < 4.78 is 81.3. The van der Waals surface area contributed by atoms with Crippen molar-refractivity contribution in [3.05, 3.63) is 76.4 Å². The quantitative estimate of drug-likeness (QED) is 0.293. The van der Waals surface area contributed by atoms with Crippen molar-refractivity contribution in [3.63, 3.8) is 0 Å². The number of rotatable bonds is 5. The van der Waals surface area contributed by atoms with E-state index in [1.807, 2.05) is 7.05 Å². The Hall–Kier alpha value is -3.31. The van der Waals surface area contributed by atoms with E-state index in [2.05, 4.69) is 14.8 Å². The van der Waals surface area contributed by atoms with E-state index in [1.54, 1.807) is 30.3 Å². The number of benzene rings is 2. The molecule has 0 bridgehead atoms. The molecule has 1 aliphatic rings. The molecule has 12 heteroatoms. The second-order valence-corrected chi connectivity index (χ2v) is 11.0. The SMILES string of the molecule is CN1CCN(c2cc(-c3ccccc3Cl)c(N(C)C(=O)C(C)(C)c3cc(C(F)(F)F)cc(C(F)(F)F)c3)cn2)CC1. The van der Waals surface area contributed by atoms with Crippen LogP contribution in [0.25, 0.3) is 11.1 Å². The monoisotopic (exact) mass is 598 g/mol. The third-order valence-corrected chi connectivity index (χ3v) is 7.70. The summed E-state index contributed by atoms with van der Waals surface area (Å²) in [5, 5.41) is 0.400. The Morgan fingerprint density at radius 2 is 1.39 bits per heavy atom. The number of hydrogen-bond donors (Lipinski definition) is 0. The Morgan fingerprint density at radius 1 is 0.854 bits per heavy atom. The fraction of sp³-hybridized carbons (Fsp3) is 0.379. The molecule has 3 aromatic rings. The van der Waals surface area contributed by atoms with Gasteiger partial charge in [-0.2, -0.15) is 26.3 Å². The minimum atomic E-state index is -5.04. The van der Waals surface area contributed by atoms with E-state index in [0.717, 1.165) is 26.2 Å². The fourth-order valence-corrected chi connectivity index (χ4v) is 5.01. The zero-order valence-corrected chi connectivity index (χ0v) is 23.6. The number of hydrogen-bond acceptors (Lipinski definition) is 4. The molecule has 2 heterocycles. The Kier molecular flexibility index (Phi) is 8.35. The van der Waals surface area contributed by atoms with E-state index in [1.165, 1.54) is 32.0 Å². The molecule has 0 N–H and O–H groups in total. The number of alkyl halides is 6. The van der Waals surface area contributed by atoms with Crippen LogP contribution in [0.5, 0.6) is 0 Å². The van der Waals surface area contributed by atoms with Gasteiger partial charge in [0, 0.05) is 49.4 Å². The molecule has 220 valence electrons. The van der Waals surface area contributed by atoms with Gasteiger partial charge < -0.3 is 14.7 Å². The molecule has 1 amide bonds. The molecule has 0 aliphatic carbocycles. The van der Waals surface area contributed by atoms with Crippen LogP contribution < -0.4 is 9.80 Å². The zero-order chi connectivity index (χ0) is 30.3. The highest BCUT2D eigenvalue weighted by Crippen LogP contribution is 2.41. The first kappa shape index (κ1) is 30.6. The molecule has 0 atom stereocenters. The highest BCUT2D eigenvalue weighted by molar-refractivity contribution is 6.33. The standard InChI is InChI=1S/C29H29ClF6N4O/c1-27(2,18-13-19(28(31,32)33)15-20(14-18)29(34,35)36)26(41)39(4)24-17-37-25(40-11-9-38(3)10-12-40)16-22(24)21-7-5-6-8-23(21)30/h5-8,13-17H,9-12H2,1-4H3. The van der Waals surface area contributed by atoms with E-state index in [-0.39, 0.29) is 6.07 Å². The van der Waals surface area contributed by atoms with Crippen LogP contribution in [0.15, 0.2) is 54.7 Å². The molecule has 4 rings (SSSR count). The number of likely N-dealkylation sites (N-methyl/N-ethyl adjacent to an activating group) is 2. The third kappa shape index (κ3) is 6.46. The van der Waals surface area contributed by atoms with Gasteiger partial charge in [-0.15, -0.1) is 0 Å². The number of nitrogens with zero attached hydrogens (tertiary/aromatic N) is 4. The summed E-state index contributed by atoms with van der Waals surface area (Å²) in [4.78, 5) is 23.9. The van der Waals surface area contributed by atoms with Gasteiger partial charge >= 0.3 is 12.4 Å². The normalized spacial score (nSPS) is 15.2. The second kappa shape index (κ2) is 11.2. The number of anilines is 2. The van der Waals surface area contributed by atoms with Crippen molar-refractivity contribution in [2.24, 2.45) is 0 Å². The summed E-state index contributed by atoms with van der Waals surface area (Å²) in [6, 6.07) is 9.99. The van der Waals surface area contributed by atoms with Crippen molar-refractivity contribution >= 4 is 29.0 Å². The van der Waals surface area contributed by atoms with Crippen molar-refractivity contribution in [1.82, 2.24) is 9.88 Å². The predicted molar refractivity (Wildman–Crippen MR) is 147 cm³/mol. The van der Waals surface area contributed by atoms with Gasteiger partial charge in [-0.1, -0.05) is 29.8 Å². The number of pyridine rings is 1. The molecule has 1 aliphatic heterocycles. The maximum atomic E-state index is 13.9. The highest BCUT2D eigenvalue weighted by atomic mass is 35.5. The molecule has 1 fully saturated rings. The first-order valence-electron chi connectivity index (χ1n) is 12.8. The van der Waals surface area contributed by atoms with Crippen LogP contribution in [0, 0.1) is 0 Å². The lowest BCUT2D eigenvalue weighted by atomic mass is 9.81. The van der Waals surface area contributed by atoms with E-state index < -0.39 is 40.4 Å². The van der Waals surface area contributed by atoms with Gasteiger partial charge in [0.25, 0.3) is 0 Å². The van der Waals surface area contributed by atoms with Gasteiger partial charge in [0.05, 0.1) is 28.4 Å². The summed E-state index contributed by atoms with van der Waals surface area (Å²) in [7, 11) is 3.43. The molecule has 0 saturated carbocycles. The molecule has 5 nitrogen and oxygen atoms in total. The van der Waals surface area contributed by atoms with Gasteiger partial charge in [-0.3, -0.25) is 4.79 Å². The summed E-state index contributed by atoms with van der Waals surface area (Å²) in [5.74, 6) is -0.0722. The summed E-state index contributed by atoms with van der Waals surface area (Å²) in [6.45, 7) is 5.70. The molecular formula is C29H29ClF6N4O. The fourth-order valence-electron chi connectivity index (χ4n) is 4.78. The highest BCUT2D eigenvalue weighted by Gasteiger charge is 2.41. The number of carbonyl (C=O) groups is 1. The van der Waals surface area contributed by atoms with Gasteiger partial charge in [-0.05, 0) is 56.8 Å². The van der Waals surface area contributed by atoms with Crippen molar-refractivity contribution in [2.75, 3.05) is 50.1 Å². The van der Waals surface area contributed by atoms with Crippen LogP contribution in [-0.4, -0.2) is 56.1 Å². The van der Waals surface area contributed by atoms with E-state index in [0.29, 0.717) is 39.8 Å². The van der Waals surface area contributed by atoms with E-state index >= 15 is 0 Å². The lowest BCUT2D eigenvalue weighted by Crippen LogP contribution is -2.45. The lowest BCUT2D eigenvalue weighted by Gasteiger charge is -2.34. The maximum absolute atomic E-state index is 13.9. The number of halogens is 7. The molecule has 0 unspecified atom stereocenters. The number of piperazine rings is 1. The average molecular weight is 599 g/mol. The molecule has 1 saturated heterocycles. The van der Waals surface area contributed by atoms with Crippen LogP contribution in [0.4, 0.5) is 37.8 Å². The second-order valence-electron chi connectivity index (χ2n) is 10.6. The smallest absolute Gasteiger partial charge is 0.354 e. The van der Waals surface area contributed by atoms with Crippen LogP contribution in [-0.2, 0) is 22.6 Å². The Labute approximate surface area is 239 Å². The van der Waals surface area contributed by atoms with Crippen LogP contribution in [0.3, 0.4) is 0 Å². The van der Waals surface area contributed by atoms with Gasteiger partial charge in [0.2, 0.25) is 5.91 Å². The molecule has 0 radical (unpaired) electrons. The van der Waals surface area contributed by atoms with Crippen LogP contribution >= 0.6 is 11.6 Å². The Bertz CT molecular complexity index is 1400. The molecule has 0 spiro atoms. The topological polar surface area (TPSA) is 39.7 Å². The van der Waals surface area contributed by atoms with E-state index in [4.69, 9.17) is 11.6 Å². The number of amides is 1. The molecule has 2 aromatic carbocycles.